The van der Waals surface area contributed by atoms with Crippen LogP contribution in [0.25, 0.3) is 5.57 Å². The molecule has 4 nitrogen and oxygen atoms in total. The van der Waals surface area contributed by atoms with Gasteiger partial charge in [-0.15, -0.1) is 0 Å². The first-order valence-corrected chi connectivity index (χ1v) is 10.4. The van der Waals surface area contributed by atoms with Crippen LogP contribution in [-0.4, -0.2) is 27.1 Å². The van der Waals surface area contributed by atoms with Crippen LogP contribution in [0.15, 0.2) is 95.9 Å². The number of ether oxygens (including phenoxy) is 1. The van der Waals surface area contributed by atoms with Gasteiger partial charge in [0.25, 0.3) is 0 Å². The van der Waals surface area contributed by atoms with E-state index in [1.165, 1.54) is 6.08 Å². The first kappa shape index (κ1) is 19.6. The van der Waals surface area contributed by atoms with Gasteiger partial charge in [-0.3, -0.25) is 4.79 Å². The fourth-order valence-electron chi connectivity index (χ4n) is 2.77. The second kappa shape index (κ2) is 8.67. The van der Waals surface area contributed by atoms with E-state index >= 15 is 0 Å². The summed E-state index contributed by atoms with van der Waals surface area (Å²) in [6.45, 7) is 0. The average molecular weight is 392 g/mol. The topological polar surface area (TPSA) is 60.4 Å². The summed E-state index contributed by atoms with van der Waals surface area (Å²) >= 11 is 0. The zero-order chi connectivity index (χ0) is 20.0. The van der Waals surface area contributed by atoms with Crippen LogP contribution in [0.5, 0.6) is 5.75 Å². The van der Waals surface area contributed by atoms with E-state index < -0.39 is 9.84 Å². The lowest BCUT2D eigenvalue weighted by Crippen LogP contribution is -2.10. The number of carbonyl (C=O) groups is 1. The van der Waals surface area contributed by atoms with E-state index in [1.807, 2.05) is 6.07 Å². The third-order valence-electron chi connectivity index (χ3n) is 4.27. The largest absolute Gasteiger partial charge is 0.497 e. The fraction of sp³-hybridized carbons (Fsp3) is 0.0870. The molecule has 0 heterocycles. The monoisotopic (exact) mass is 392 g/mol. The molecule has 0 bridgehead atoms. The smallest absolute Gasteiger partial charge is 0.186 e. The molecule has 0 radical (unpaired) electrons. The van der Waals surface area contributed by atoms with Crippen LogP contribution in [0.3, 0.4) is 0 Å². The molecule has 3 aromatic carbocycles. The van der Waals surface area contributed by atoms with Crippen molar-refractivity contribution in [3.8, 4) is 5.75 Å². The number of ketones is 1. The summed E-state index contributed by atoms with van der Waals surface area (Å²) in [4.78, 5) is 12.9. The second-order valence-electron chi connectivity index (χ2n) is 6.20. The maximum atomic E-state index is 12.9. The summed E-state index contributed by atoms with van der Waals surface area (Å²) in [5.41, 5.74) is 1.59. The Morgan fingerprint density at radius 3 is 1.96 bits per heavy atom. The van der Waals surface area contributed by atoms with E-state index in [4.69, 9.17) is 4.74 Å². The van der Waals surface area contributed by atoms with Gasteiger partial charge in [-0.25, -0.2) is 8.42 Å². The molecule has 3 aromatic rings. The number of benzene rings is 3. The van der Waals surface area contributed by atoms with Crippen molar-refractivity contribution in [2.45, 2.75) is 4.90 Å². The summed E-state index contributed by atoms with van der Waals surface area (Å²) in [6.07, 6.45) is 1.40. The Hall–Kier alpha value is -3.18. The van der Waals surface area contributed by atoms with Gasteiger partial charge in [-0.2, -0.15) is 0 Å². The van der Waals surface area contributed by atoms with E-state index in [0.29, 0.717) is 22.4 Å². The Bertz CT molecular complexity index is 1070. The molecule has 0 saturated heterocycles. The van der Waals surface area contributed by atoms with Gasteiger partial charge in [0.2, 0.25) is 0 Å². The molecule has 5 heteroatoms. The minimum atomic E-state index is -3.60. The maximum absolute atomic E-state index is 12.9. The van der Waals surface area contributed by atoms with Crippen LogP contribution >= 0.6 is 0 Å². The van der Waals surface area contributed by atoms with Crippen LogP contribution in [0.1, 0.15) is 15.9 Å². The van der Waals surface area contributed by atoms with E-state index in [2.05, 4.69) is 0 Å². The predicted molar refractivity (Wildman–Crippen MR) is 110 cm³/mol. The summed E-state index contributed by atoms with van der Waals surface area (Å²) in [6, 6.07) is 24.0. The van der Waals surface area contributed by atoms with Gasteiger partial charge in [0.05, 0.1) is 17.8 Å². The SMILES string of the molecule is COc1ccc(/C(=C/C(=O)c2ccccc2)CS(=O)(=O)c2ccccc2)cc1. The number of hydrogen-bond donors (Lipinski definition) is 0. The second-order valence-corrected chi connectivity index (χ2v) is 8.19. The number of methoxy groups -OCH3 is 1. The Morgan fingerprint density at radius 2 is 1.39 bits per heavy atom. The van der Waals surface area contributed by atoms with Crippen LogP contribution in [0.2, 0.25) is 0 Å². The van der Waals surface area contributed by atoms with Crippen molar-refractivity contribution in [3.63, 3.8) is 0 Å². The summed E-state index contributed by atoms with van der Waals surface area (Å²) in [5, 5.41) is 0. The molecule has 142 valence electrons. The van der Waals surface area contributed by atoms with Crippen LogP contribution in [0.4, 0.5) is 0 Å². The lowest BCUT2D eigenvalue weighted by Gasteiger charge is -2.10. The van der Waals surface area contributed by atoms with Crippen LogP contribution < -0.4 is 4.74 Å². The van der Waals surface area contributed by atoms with Crippen molar-refractivity contribution < 1.29 is 17.9 Å². The van der Waals surface area contributed by atoms with Gasteiger partial charge < -0.3 is 4.74 Å². The summed E-state index contributed by atoms with van der Waals surface area (Å²) in [7, 11) is -2.04. The number of sulfone groups is 1. The molecule has 0 N–H and O–H groups in total. The summed E-state index contributed by atoms with van der Waals surface area (Å²) < 4.78 is 30.9. The highest BCUT2D eigenvalue weighted by Crippen LogP contribution is 2.24. The molecule has 0 aliphatic rings. The molecule has 3 rings (SSSR count). The molecule has 28 heavy (non-hydrogen) atoms. The molecule has 0 aliphatic heterocycles. The lowest BCUT2D eigenvalue weighted by atomic mass is 10.0. The molecular weight excluding hydrogens is 372 g/mol. The van der Waals surface area contributed by atoms with Crippen molar-refractivity contribution >= 4 is 21.2 Å². The maximum Gasteiger partial charge on any atom is 0.186 e. The number of hydrogen-bond acceptors (Lipinski definition) is 4. The minimum absolute atomic E-state index is 0.224. The highest BCUT2D eigenvalue weighted by Gasteiger charge is 2.19. The number of rotatable bonds is 7. The van der Waals surface area contributed by atoms with Crippen molar-refractivity contribution in [3.05, 3.63) is 102 Å². The predicted octanol–water partition coefficient (Wildman–Crippen LogP) is 4.44. The highest BCUT2D eigenvalue weighted by atomic mass is 32.2. The quantitative estimate of drug-likeness (QED) is 0.441. The van der Waals surface area contributed by atoms with Crippen LogP contribution in [0, 0.1) is 0 Å². The lowest BCUT2D eigenvalue weighted by molar-refractivity contribution is 0.104. The molecule has 0 aliphatic carbocycles. The minimum Gasteiger partial charge on any atom is -0.497 e. The van der Waals surface area contributed by atoms with Gasteiger partial charge in [0.1, 0.15) is 5.75 Å². The van der Waals surface area contributed by atoms with Gasteiger partial charge in [0.15, 0.2) is 15.6 Å². The number of allylic oxidation sites excluding steroid dienone is 1. The highest BCUT2D eigenvalue weighted by molar-refractivity contribution is 7.91. The summed E-state index contributed by atoms with van der Waals surface area (Å²) in [5.74, 6) is 0.139. The van der Waals surface area contributed by atoms with Crippen molar-refractivity contribution in [1.29, 1.82) is 0 Å². The Kier molecular flexibility index (Phi) is 6.06. The fourth-order valence-corrected chi connectivity index (χ4v) is 4.17. The van der Waals surface area contributed by atoms with Crippen molar-refractivity contribution in [2.75, 3.05) is 12.9 Å². The molecule has 0 aromatic heterocycles. The first-order valence-electron chi connectivity index (χ1n) is 8.72. The zero-order valence-corrected chi connectivity index (χ0v) is 16.2. The van der Waals surface area contributed by atoms with E-state index in [-0.39, 0.29) is 16.4 Å². The standard InChI is InChI=1S/C23H20O4S/c1-27-21-14-12-18(13-15-21)20(16-23(24)19-8-4-2-5-9-19)17-28(25,26)22-10-6-3-7-11-22/h2-16H,17H2,1H3/b20-16+. The van der Waals surface area contributed by atoms with E-state index in [0.717, 1.165) is 0 Å². The zero-order valence-electron chi connectivity index (χ0n) is 15.4. The third-order valence-corrected chi connectivity index (χ3v) is 5.95. The molecule has 0 amide bonds. The van der Waals surface area contributed by atoms with E-state index in [9.17, 15) is 13.2 Å². The normalized spacial score (nSPS) is 11.8. The Balaban J connectivity index is 2.01. The Morgan fingerprint density at radius 1 is 0.821 bits per heavy atom. The van der Waals surface area contributed by atoms with Crippen molar-refractivity contribution in [2.24, 2.45) is 0 Å². The van der Waals surface area contributed by atoms with E-state index in [1.54, 1.807) is 86.0 Å². The van der Waals surface area contributed by atoms with Gasteiger partial charge in [-0.05, 0) is 41.5 Å². The van der Waals surface area contributed by atoms with Gasteiger partial charge in [-0.1, -0.05) is 60.7 Å². The van der Waals surface area contributed by atoms with Crippen molar-refractivity contribution in [1.82, 2.24) is 0 Å². The molecule has 0 saturated carbocycles. The Labute approximate surface area is 165 Å². The molecule has 0 spiro atoms. The molecule has 0 fully saturated rings. The van der Waals surface area contributed by atoms with Gasteiger partial charge >= 0.3 is 0 Å². The average Bonchev–Trinajstić information content (AvgIpc) is 2.74. The molecule has 0 atom stereocenters. The first-order chi connectivity index (χ1) is 13.5. The number of carbonyl (C=O) groups excluding carboxylic acids is 1. The molecule has 0 unspecified atom stereocenters. The molecular formula is C23H20O4S. The van der Waals surface area contributed by atoms with Gasteiger partial charge in [0, 0.05) is 5.56 Å². The third kappa shape index (κ3) is 4.75. The van der Waals surface area contributed by atoms with Crippen LogP contribution in [-0.2, 0) is 9.84 Å².